The zero-order valence-corrected chi connectivity index (χ0v) is 15.7. The van der Waals surface area contributed by atoms with Gasteiger partial charge in [0.15, 0.2) is 0 Å². The lowest BCUT2D eigenvalue weighted by Gasteiger charge is -2.06. The maximum absolute atomic E-state index is 12.7. The fourth-order valence-electron chi connectivity index (χ4n) is 2.75. The van der Waals surface area contributed by atoms with Crippen LogP contribution in [-0.2, 0) is 0 Å². The summed E-state index contributed by atoms with van der Waals surface area (Å²) in [6, 6.07) is 16.9. The van der Waals surface area contributed by atoms with Crippen molar-refractivity contribution in [2.75, 3.05) is 5.32 Å². The van der Waals surface area contributed by atoms with Crippen LogP contribution in [0.3, 0.4) is 0 Å². The van der Waals surface area contributed by atoms with Crippen LogP contribution in [-0.4, -0.2) is 5.91 Å². The molecule has 0 aliphatic rings. The molecule has 0 radical (unpaired) electrons. The van der Waals surface area contributed by atoms with Gasteiger partial charge in [0.05, 0.1) is 15.7 Å². The molecule has 0 aliphatic heterocycles. The molecule has 4 rings (SSSR count). The molecule has 0 unspecified atom stereocenters. The average Bonchev–Trinajstić information content (AvgIpc) is 2.95. The summed E-state index contributed by atoms with van der Waals surface area (Å²) in [6.07, 6.45) is 0. The molecule has 0 spiro atoms. The Bertz CT molecular complexity index is 1140. The largest absolute Gasteiger partial charge is 0.320 e. The van der Waals surface area contributed by atoms with Gasteiger partial charge < -0.3 is 5.32 Å². The van der Waals surface area contributed by atoms with E-state index in [1.807, 2.05) is 36.4 Å². The molecule has 124 valence electrons. The standard InChI is InChI=1S/C19H10Cl3NOS/c20-11-6-7-14(13(21)9-11)23-19(24)18-17(22)16-12-4-2-1-3-10(12)5-8-15(16)25-18/h1-9H,(H,23,24). The normalized spacial score (nSPS) is 11.2. The van der Waals surface area contributed by atoms with Gasteiger partial charge >= 0.3 is 0 Å². The Morgan fingerprint density at radius 3 is 2.56 bits per heavy atom. The molecule has 1 N–H and O–H groups in total. The maximum Gasteiger partial charge on any atom is 0.267 e. The van der Waals surface area contributed by atoms with Gasteiger partial charge in [-0.2, -0.15) is 0 Å². The highest BCUT2D eigenvalue weighted by Crippen LogP contribution is 2.40. The van der Waals surface area contributed by atoms with Crippen molar-refractivity contribution < 1.29 is 4.79 Å². The molecule has 6 heteroatoms. The Hall–Kier alpha value is -1.78. The van der Waals surface area contributed by atoms with Crippen LogP contribution in [0.1, 0.15) is 9.67 Å². The molecular formula is C19H10Cl3NOS. The van der Waals surface area contributed by atoms with Crippen molar-refractivity contribution in [2.45, 2.75) is 0 Å². The highest BCUT2D eigenvalue weighted by Gasteiger charge is 2.19. The van der Waals surface area contributed by atoms with Crippen LogP contribution in [0.15, 0.2) is 54.6 Å². The summed E-state index contributed by atoms with van der Waals surface area (Å²) in [6.45, 7) is 0. The number of hydrogen-bond donors (Lipinski definition) is 1. The number of halogens is 3. The second-order valence-corrected chi connectivity index (χ2v) is 7.76. The smallest absolute Gasteiger partial charge is 0.267 e. The Labute approximate surface area is 162 Å². The first-order valence-corrected chi connectivity index (χ1v) is 9.36. The number of nitrogens with one attached hydrogen (secondary N) is 1. The number of amides is 1. The highest BCUT2D eigenvalue weighted by molar-refractivity contribution is 7.22. The SMILES string of the molecule is O=C(Nc1ccc(Cl)cc1Cl)c1sc2ccc3ccccc3c2c1Cl. The fraction of sp³-hybridized carbons (Fsp3) is 0. The van der Waals surface area contributed by atoms with Crippen molar-refractivity contribution >= 4 is 78.6 Å². The van der Waals surface area contributed by atoms with Gasteiger partial charge in [0.1, 0.15) is 4.88 Å². The predicted octanol–water partition coefficient (Wildman–Crippen LogP) is 7.27. The predicted molar refractivity (Wildman–Crippen MR) is 109 cm³/mol. The van der Waals surface area contributed by atoms with Gasteiger partial charge in [0.25, 0.3) is 5.91 Å². The van der Waals surface area contributed by atoms with Gasteiger partial charge in [-0.15, -0.1) is 11.3 Å². The summed E-state index contributed by atoms with van der Waals surface area (Å²) in [5.74, 6) is -0.292. The molecular weight excluding hydrogens is 397 g/mol. The molecule has 25 heavy (non-hydrogen) atoms. The topological polar surface area (TPSA) is 29.1 Å². The third-order valence-electron chi connectivity index (χ3n) is 3.91. The van der Waals surface area contributed by atoms with Crippen molar-refractivity contribution in [1.82, 2.24) is 0 Å². The molecule has 0 bridgehead atoms. The van der Waals surface area contributed by atoms with Crippen LogP contribution in [0.4, 0.5) is 5.69 Å². The minimum absolute atomic E-state index is 0.292. The van der Waals surface area contributed by atoms with E-state index in [0.29, 0.717) is 25.6 Å². The lowest BCUT2D eigenvalue weighted by Crippen LogP contribution is -2.10. The second-order valence-electron chi connectivity index (χ2n) is 5.48. The summed E-state index contributed by atoms with van der Waals surface area (Å²) in [7, 11) is 0. The first-order chi connectivity index (χ1) is 12.0. The van der Waals surface area contributed by atoms with E-state index < -0.39 is 0 Å². The summed E-state index contributed by atoms with van der Waals surface area (Å²) in [4.78, 5) is 13.2. The van der Waals surface area contributed by atoms with Crippen LogP contribution in [0.2, 0.25) is 15.1 Å². The van der Waals surface area contributed by atoms with E-state index in [9.17, 15) is 4.79 Å². The van der Waals surface area contributed by atoms with Crippen LogP contribution in [0, 0.1) is 0 Å². The van der Waals surface area contributed by atoms with E-state index in [4.69, 9.17) is 34.8 Å². The van der Waals surface area contributed by atoms with Gasteiger partial charge in [-0.25, -0.2) is 0 Å². The number of carbonyl (C=O) groups excluding carboxylic acids is 1. The Balaban J connectivity index is 1.80. The second kappa shape index (κ2) is 6.50. The van der Waals surface area contributed by atoms with E-state index in [1.54, 1.807) is 18.2 Å². The van der Waals surface area contributed by atoms with Crippen LogP contribution < -0.4 is 5.32 Å². The summed E-state index contributed by atoms with van der Waals surface area (Å²) < 4.78 is 0.969. The Morgan fingerprint density at radius 1 is 0.960 bits per heavy atom. The summed E-state index contributed by atoms with van der Waals surface area (Å²) in [5.41, 5.74) is 0.495. The fourth-order valence-corrected chi connectivity index (χ4v) is 4.67. The summed E-state index contributed by atoms with van der Waals surface area (Å²) in [5, 5.41) is 7.16. The van der Waals surface area contributed by atoms with E-state index in [-0.39, 0.29) is 5.91 Å². The van der Waals surface area contributed by atoms with Gasteiger partial charge in [0, 0.05) is 15.1 Å². The van der Waals surface area contributed by atoms with Gasteiger partial charge in [-0.3, -0.25) is 4.79 Å². The van der Waals surface area contributed by atoms with Crippen molar-refractivity contribution in [3.8, 4) is 0 Å². The molecule has 1 amide bonds. The Morgan fingerprint density at radius 2 is 1.76 bits per heavy atom. The number of benzene rings is 3. The van der Waals surface area contributed by atoms with Gasteiger partial charge in [0.2, 0.25) is 0 Å². The minimum atomic E-state index is -0.292. The van der Waals surface area contributed by atoms with Crippen molar-refractivity contribution in [1.29, 1.82) is 0 Å². The maximum atomic E-state index is 12.7. The lowest BCUT2D eigenvalue weighted by molar-refractivity contribution is 0.103. The number of rotatable bonds is 2. The van der Waals surface area contributed by atoms with E-state index >= 15 is 0 Å². The van der Waals surface area contributed by atoms with Gasteiger partial charge in [-0.05, 0) is 35.0 Å². The van der Waals surface area contributed by atoms with Crippen LogP contribution >= 0.6 is 46.1 Å². The molecule has 4 aromatic rings. The first kappa shape index (κ1) is 16.7. The number of carbonyl (C=O) groups is 1. The zero-order valence-electron chi connectivity index (χ0n) is 12.6. The molecule has 0 aliphatic carbocycles. The number of anilines is 1. The third-order valence-corrected chi connectivity index (χ3v) is 6.10. The lowest BCUT2D eigenvalue weighted by atomic mass is 10.1. The average molecular weight is 407 g/mol. The van der Waals surface area contributed by atoms with Crippen molar-refractivity contribution in [3.05, 3.63) is 74.5 Å². The van der Waals surface area contributed by atoms with Crippen LogP contribution in [0.5, 0.6) is 0 Å². The van der Waals surface area contributed by atoms with Crippen molar-refractivity contribution in [2.24, 2.45) is 0 Å². The Kier molecular flexibility index (Phi) is 4.34. The first-order valence-electron chi connectivity index (χ1n) is 7.41. The quantitative estimate of drug-likeness (QED) is 0.372. The monoisotopic (exact) mass is 405 g/mol. The molecule has 3 aromatic carbocycles. The van der Waals surface area contributed by atoms with Crippen LogP contribution in [0.25, 0.3) is 20.9 Å². The molecule has 0 fully saturated rings. The molecule has 1 heterocycles. The number of thiophene rings is 1. The van der Waals surface area contributed by atoms with Crippen molar-refractivity contribution in [3.63, 3.8) is 0 Å². The molecule has 2 nitrogen and oxygen atoms in total. The van der Waals surface area contributed by atoms with E-state index in [1.165, 1.54) is 11.3 Å². The zero-order chi connectivity index (χ0) is 17.6. The number of hydrogen-bond acceptors (Lipinski definition) is 2. The highest BCUT2D eigenvalue weighted by atomic mass is 35.5. The molecule has 0 saturated heterocycles. The molecule has 0 atom stereocenters. The molecule has 0 saturated carbocycles. The van der Waals surface area contributed by atoms with E-state index in [0.717, 1.165) is 20.9 Å². The summed E-state index contributed by atoms with van der Waals surface area (Å²) >= 11 is 19.9. The minimum Gasteiger partial charge on any atom is -0.320 e. The van der Waals surface area contributed by atoms with Gasteiger partial charge in [-0.1, -0.05) is 65.1 Å². The number of fused-ring (bicyclic) bond motifs is 3. The van der Waals surface area contributed by atoms with E-state index in [2.05, 4.69) is 5.32 Å². The molecule has 1 aromatic heterocycles. The third kappa shape index (κ3) is 2.98.